The summed E-state index contributed by atoms with van der Waals surface area (Å²) in [5.41, 5.74) is 10.1. The number of nitrogens with one attached hydrogen (secondary N) is 1. The first kappa shape index (κ1) is 14.5. The first-order valence-corrected chi connectivity index (χ1v) is 8.74. The molecule has 0 saturated heterocycles. The van der Waals surface area contributed by atoms with Crippen LogP contribution in [-0.4, -0.2) is 5.91 Å². The molecule has 0 saturated carbocycles. The third-order valence-corrected chi connectivity index (χ3v) is 5.51. The van der Waals surface area contributed by atoms with Gasteiger partial charge < -0.3 is 5.32 Å². The zero-order valence-corrected chi connectivity index (χ0v) is 14.0. The van der Waals surface area contributed by atoms with Crippen LogP contribution < -0.4 is 5.32 Å². The third-order valence-electron chi connectivity index (χ3n) is 5.51. The molecule has 1 aliphatic heterocycles. The Morgan fingerprint density at radius 2 is 2.04 bits per heavy atom. The normalized spacial score (nSPS) is 21.8. The van der Waals surface area contributed by atoms with Crippen LogP contribution in [0.25, 0.3) is 5.57 Å². The van der Waals surface area contributed by atoms with E-state index in [0.29, 0.717) is 0 Å². The quantitative estimate of drug-likeness (QED) is 0.750. The third kappa shape index (κ3) is 2.37. The number of benzene rings is 1. The SMILES string of the molecule is CCc1ccc2c(c1)C(=CC1=C(C)C3=C(CCCC3)C1)C(=O)N2. The van der Waals surface area contributed by atoms with Gasteiger partial charge in [0, 0.05) is 16.8 Å². The van der Waals surface area contributed by atoms with Crippen molar-refractivity contribution in [3.8, 4) is 0 Å². The molecule has 1 N–H and O–H groups in total. The number of amides is 1. The lowest BCUT2D eigenvalue weighted by Gasteiger charge is -2.14. The number of rotatable bonds is 2. The maximum atomic E-state index is 12.4. The fraction of sp³-hybridized carbons (Fsp3) is 0.381. The lowest BCUT2D eigenvalue weighted by Crippen LogP contribution is -2.04. The Morgan fingerprint density at radius 1 is 1.22 bits per heavy atom. The number of carbonyl (C=O) groups excluding carboxylic acids is 1. The summed E-state index contributed by atoms with van der Waals surface area (Å²) >= 11 is 0. The Kier molecular flexibility index (Phi) is 3.48. The standard InChI is InChI=1S/C21H23NO/c1-3-14-8-9-20-18(10-14)19(21(23)22-20)12-16-11-15-6-4-5-7-17(15)13(16)2/h8-10,12H,3-7,11H2,1-2H3,(H,22,23). The summed E-state index contributed by atoms with van der Waals surface area (Å²) in [5.74, 6) is 0.0402. The highest BCUT2D eigenvalue weighted by Crippen LogP contribution is 2.43. The van der Waals surface area contributed by atoms with Gasteiger partial charge in [-0.25, -0.2) is 0 Å². The van der Waals surface area contributed by atoms with E-state index in [1.807, 2.05) is 6.07 Å². The molecule has 0 unspecified atom stereocenters. The second kappa shape index (κ2) is 5.52. The molecule has 0 fully saturated rings. The molecule has 2 nitrogen and oxygen atoms in total. The molecule has 1 heterocycles. The fourth-order valence-corrected chi connectivity index (χ4v) is 4.10. The lowest BCUT2D eigenvalue weighted by molar-refractivity contribution is -0.110. The molecule has 0 aromatic heterocycles. The van der Waals surface area contributed by atoms with Crippen LogP contribution in [0.2, 0.25) is 0 Å². The van der Waals surface area contributed by atoms with E-state index < -0.39 is 0 Å². The summed E-state index contributed by atoms with van der Waals surface area (Å²) in [6, 6.07) is 6.30. The van der Waals surface area contributed by atoms with E-state index in [4.69, 9.17) is 0 Å². The monoisotopic (exact) mass is 305 g/mol. The Balaban J connectivity index is 1.73. The number of hydrogen-bond acceptors (Lipinski definition) is 1. The second-order valence-corrected chi connectivity index (χ2v) is 6.86. The summed E-state index contributed by atoms with van der Waals surface area (Å²) in [4.78, 5) is 12.4. The maximum Gasteiger partial charge on any atom is 0.256 e. The van der Waals surface area contributed by atoms with Crippen molar-refractivity contribution in [1.82, 2.24) is 0 Å². The Hall–Kier alpha value is -2.09. The molecule has 1 aromatic rings. The van der Waals surface area contributed by atoms with Crippen molar-refractivity contribution in [3.63, 3.8) is 0 Å². The predicted molar refractivity (Wildman–Crippen MR) is 95.2 cm³/mol. The highest BCUT2D eigenvalue weighted by molar-refractivity contribution is 6.32. The van der Waals surface area contributed by atoms with Crippen LogP contribution >= 0.6 is 0 Å². The minimum atomic E-state index is 0.0402. The molecule has 2 aliphatic carbocycles. The van der Waals surface area contributed by atoms with E-state index in [1.165, 1.54) is 42.4 Å². The first-order valence-electron chi connectivity index (χ1n) is 8.74. The van der Waals surface area contributed by atoms with Gasteiger partial charge in [0.2, 0.25) is 0 Å². The summed E-state index contributed by atoms with van der Waals surface area (Å²) in [6.45, 7) is 4.38. The molecule has 4 rings (SSSR count). The number of fused-ring (bicyclic) bond motifs is 1. The Morgan fingerprint density at radius 3 is 2.83 bits per heavy atom. The topological polar surface area (TPSA) is 29.1 Å². The second-order valence-electron chi connectivity index (χ2n) is 6.86. The molecule has 0 bridgehead atoms. The predicted octanol–water partition coefficient (Wildman–Crippen LogP) is 5.18. The molecule has 0 atom stereocenters. The van der Waals surface area contributed by atoms with Crippen LogP contribution in [0.4, 0.5) is 5.69 Å². The minimum absolute atomic E-state index is 0.0402. The van der Waals surface area contributed by atoms with E-state index in [1.54, 1.807) is 11.1 Å². The summed E-state index contributed by atoms with van der Waals surface area (Å²) in [7, 11) is 0. The highest BCUT2D eigenvalue weighted by atomic mass is 16.2. The number of aryl methyl sites for hydroxylation is 1. The lowest BCUT2D eigenvalue weighted by atomic mass is 9.91. The molecular weight excluding hydrogens is 282 g/mol. The molecule has 118 valence electrons. The van der Waals surface area contributed by atoms with Gasteiger partial charge in [-0.3, -0.25) is 4.79 Å². The van der Waals surface area contributed by atoms with Gasteiger partial charge >= 0.3 is 0 Å². The van der Waals surface area contributed by atoms with Crippen LogP contribution in [0.1, 0.15) is 57.1 Å². The zero-order valence-electron chi connectivity index (χ0n) is 14.0. The Bertz CT molecular complexity index is 792. The van der Waals surface area contributed by atoms with Gasteiger partial charge in [0.15, 0.2) is 0 Å². The molecular formula is C21H23NO. The average molecular weight is 305 g/mol. The molecule has 0 radical (unpaired) electrons. The van der Waals surface area contributed by atoms with Crippen molar-refractivity contribution in [2.24, 2.45) is 0 Å². The van der Waals surface area contributed by atoms with E-state index in [-0.39, 0.29) is 5.91 Å². The molecule has 0 spiro atoms. The smallest absolute Gasteiger partial charge is 0.256 e. The van der Waals surface area contributed by atoms with Crippen molar-refractivity contribution >= 4 is 17.2 Å². The molecule has 1 aromatic carbocycles. The van der Waals surface area contributed by atoms with Crippen LogP contribution in [-0.2, 0) is 11.2 Å². The van der Waals surface area contributed by atoms with Gasteiger partial charge in [0.1, 0.15) is 0 Å². The summed E-state index contributed by atoms with van der Waals surface area (Å²) < 4.78 is 0. The van der Waals surface area contributed by atoms with Crippen molar-refractivity contribution in [2.75, 3.05) is 5.32 Å². The van der Waals surface area contributed by atoms with Crippen LogP contribution in [0.5, 0.6) is 0 Å². The molecule has 3 aliphatic rings. The van der Waals surface area contributed by atoms with Gasteiger partial charge in [-0.2, -0.15) is 0 Å². The van der Waals surface area contributed by atoms with E-state index in [2.05, 4.69) is 37.4 Å². The zero-order chi connectivity index (χ0) is 16.0. The number of allylic oxidation sites excluding steroid dienone is 5. The number of hydrogen-bond donors (Lipinski definition) is 1. The average Bonchev–Trinajstić information content (AvgIpc) is 3.05. The molecule has 23 heavy (non-hydrogen) atoms. The van der Waals surface area contributed by atoms with E-state index in [9.17, 15) is 4.79 Å². The van der Waals surface area contributed by atoms with E-state index >= 15 is 0 Å². The maximum absolute atomic E-state index is 12.4. The Labute approximate surface area is 138 Å². The van der Waals surface area contributed by atoms with Crippen LogP contribution in [0, 0.1) is 0 Å². The van der Waals surface area contributed by atoms with Crippen molar-refractivity contribution < 1.29 is 4.79 Å². The summed E-state index contributed by atoms with van der Waals surface area (Å²) in [5, 5.41) is 3.01. The van der Waals surface area contributed by atoms with Crippen molar-refractivity contribution in [2.45, 2.75) is 52.4 Å². The van der Waals surface area contributed by atoms with E-state index in [0.717, 1.165) is 29.7 Å². The summed E-state index contributed by atoms with van der Waals surface area (Å²) in [6.07, 6.45) is 9.27. The fourth-order valence-electron chi connectivity index (χ4n) is 4.10. The van der Waals surface area contributed by atoms with Crippen LogP contribution in [0.3, 0.4) is 0 Å². The largest absolute Gasteiger partial charge is 0.321 e. The van der Waals surface area contributed by atoms with Gasteiger partial charge in [0.05, 0.1) is 0 Å². The molecule has 2 heteroatoms. The van der Waals surface area contributed by atoms with Crippen molar-refractivity contribution in [3.05, 3.63) is 57.7 Å². The van der Waals surface area contributed by atoms with Gasteiger partial charge in [-0.1, -0.05) is 18.6 Å². The van der Waals surface area contributed by atoms with Gasteiger partial charge in [0.25, 0.3) is 5.91 Å². The van der Waals surface area contributed by atoms with Crippen LogP contribution in [0.15, 0.2) is 46.6 Å². The number of anilines is 1. The number of carbonyl (C=O) groups is 1. The van der Waals surface area contributed by atoms with Gasteiger partial charge in [-0.15, -0.1) is 0 Å². The van der Waals surface area contributed by atoms with Crippen molar-refractivity contribution in [1.29, 1.82) is 0 Å². The van der Waals surface area contributed by atoms with Gasteiger partial charge in [-0.05, 0) is 85.9 Å². The highest BCUT2D eigenvalue weighted by Gasteiger charge is 2.27. The minimum Gasteiger partial charge on any atom is -0.321 e. The molecule has 1 amide bonds. The first-order chi connectivity index (χ1) is 11.2.